The number of benzene rings is 2. The van der Waals surface area contributed by atoms with Gasteiger partial charge in [-0.15, -0.1) is 0 Å². The SMILES string of the molecule is CC(C)c1cc(OCC=C(Cl)Cl)cc(C(C)C)c1OCCCOc1ccc(Br)cc1. The van der Waals surface area contributed by atoms with E-state index in [9.17, 15) is 0 Å². The molecule has 0 aromatic heterocycles. The Hall–Kier alpha value is -1.36. The van der Waals surface area contributed by atoms with Crippen molar-refractivity contribution in [3.8, 4) is 17.2 Å². The smallest absolute Gasteiger partial charge is 0.126 e. The molecule has 2 aromatic rings. The van der Waals surface area contributed by atoms with Crippen molar-refractivity contribution in [3.05, 3.63) is 62.6 Å². The summed E-state index contributed by atoms with van der Waals surface area (Å²) < 4.78 is 19.1. The van der Waals surface area contributed by atoms with E-state index in [1.165, 1.54) is 0 Å². The molecule has 0 saturated heterocycles. The van der Waals surface area contributed by atoms with Gasteiger partial charge in [-0.2, -0.15) is 0 Å². The van der Waals surface area contributed by atoms with Gasteiger partial charge in [-0.1, -0.05) is 66.8 Å². The molecule has 164 valence electrons. The fourth-order valence-corrected chi connectivity index (χ4v) is 3.30. The Morgan fingerprint density at radius 3 is 1.97 bits per heavy atom. The number of halogens is 3. The topological polar surface area (TPSA) is 27.7 Å². The van der Waals surface area contributed by atoms with Gasteiger partial charge in [-0.3, -0.25) is 0 Å². The van der Waals surface area contributed by atoms with Gasteiger partial charge in [-0.05, 0) is 54.3 Å². The Bertz CT molecular complexity index is 800. The molecule has 0 aliphatic rings. The molecular weight excluding hydrogens is 487 g/mol. The van der Waals surface area contributed by atoms with Crippen molar-refractivity contribution in [2.75, 3.05) is 19.8 Å². The summed E-state index contributed by atoms with van der Waals surface area (Å²) in [5.41, 5.74) is 2.26. The molecule has 0 radical (unpaired) electrons. The van der Waals surface area contributed by atoms with Crippen molar-refractivity contribution >= 4 is 39.1 Å². The van der Waals surface area contributed by atoms with Crippen LogP contribution in [0.1, 0.15) is 57.1 Å². The molecule has 0 aliphatic heterocycles. The van der Waals surface area contributed by atoms with E-state index in [4.69, 9.17) is 37.4 Å². The number of hydrogen-bond donors (Lipinski definition) is 0. The van der Waals surface area contributed by atoms with Gasteiger partial charge in [0.05, 0.1) is 13.2 Å². The van der Waals surface area contributed by atoms with E-state index in [1.54, 1.807) is 6.08 Å². The molecule has 0 heterocycles. The third kappa shape index (κ3) is 8.05. The summed E-state index contributed by atoms with van der Waals surface area (Å²) in [5, 5.41) is 0. The molecule has 0 saturated carbocycles. The fraction of sp³-hybridized carbons (Fsp3) is 0.417. The quantitative estimate of drug-likeness (QED) is 0.282. The van der Waals surface area contributed by atoms with E-state index in [0.29, 0.717) is 31.7 Å². The maximum atomic E-state index is 6.25. The summed E-state index contributed by atoms with van der Waals surface area (Å²) in [7, 11) is 0. The molecule has 0 spiro atoms. The highest BCUT2D eigenvalue weighted by atomic mass is 79.9. The lowest BCUT2D eigenvalue weighted by Crippen LogP contribution is -2.09. The highest BCUT2D eigenvalue weighted by molar-refractivity contribution is 9.10. The first-order valence-electron chi connectivity index (χ1n) is 10.1. The molecule has 0 N–H and O–H groups in total. The average molecular weight is 516 g/mol. The molecule has 0 aliphatic carbocycles. The Kier molecular flexibility index (Phi) is 10.4. The lowest BCUT2D eigenvalue weighted by molar-refractivity contribution is 0.243. The van der Waals surface area contributed by atoms with Crippen molar-refractivity contribution in [1.29, 1.82) is 0 Å². The molecule has 30 heavy (non-hydrogen) atoms. The Morgan fingerprint density at radius 2 is 1.43 bits per heavy atom. The van der Waals surface area contributed by atoms with E-state index in [0.717, 1.165) is 39.3 Å². The normalized spacial score (nSPS) is 11.0. The maximum Gasteiger partial charge on any atom is 0.126 e. The predicted octanol–water partition coefficient (Wildman–Crippen LogP) is 8.24. The Balaban J connectivity index is 2.05. The first-order chi connectivity index (χ1) is 14.3. The number of ether oxygens (including phenoxy) is 3. The molecule has 0 fully saturated rings. The summed E-state index contributed by atoms with van der Waals surface area (Å²) >= 11 is 14.8. The summed E-state index contributed by atoms with van der Waals surface area (Å²) in [6.07, 6.45) is 2.42. The van der Waals surface area contributed by atoms with E-state index in [-0.39, 0.29) is 4.49 Å². The molecule has 3 nitrogen and oxygen atoms in total. The minimum absolute atomic E-state index is 0.202. The van der Waals surface area contributed by atoms with Gasteiger partial charge in [0.2, 0.25) is 0 Å². The monoisotopic (exact) mass is 514 g/mol. The van der Waals surface area contributed by atoms with Crippen molar-refractivity contribution in [2.45, 2.75) is 46.0 Å². The van der Waals surface area contributed by atoms with Crippen LogP contribution in [0.15, 0.2) is 51.4 Å². The first kappa shape index (κ1) is 24.9. The average Bonchev–Trinajstić information content (AvgIpc) is 2.68. The summed E-state index contributed by atoms with van der Waals surface area (Å²) in [6, 6.07) is 11.9. The standard InChI is InChI=1S/C24H29BrCl2O3/c1-16(2)21-14-20(29-13-10-23(26)27)15-22(17(3)4)24(21)30-12-5-11-28-19-8-6-18(25)7-9-19/h6-10,14-17H,5,11-13H2,1-4H3. The van der Waals surface area contributed by atoms with Crippen molar-refractivity contribution in [1.82, 2.24) is 0 Å². The van der Waals surface area contributed by atoms with Crippen LogP contribution in [-0.4, -0.2) is 19.8 Å². The van der Waals surface area contributed by atoms with E-state index in [1.807, 2.05) is 36.4 Å². The zero-order chi connectivity index (χ0) is 22.1. The van der Waals surface area contributed by atoms with Crippen LogP contribution in [0.2, 0.25) is 0 Å². The summed E-state index contributed by atoms with van der Waals surface area (Å²) in [6.45, 7) is 10.1. The van der Waals surface area contributed by atoms with Crippen LogP contribution in [0.5, 0.6) is 17.2 Å². The Labute approximate surface area is 198 Å². The summed E-state index contributed by atoms with van der Waals surface area (Å²) in [5.74, 6) is 3.19. The predicted molar refractivity (Wildman–Crippen MR) is 130 cm³/mol. The molecule has 6 heteroatoms. The zero-order valence-corrected chi connectivity index (χ0v) is 21.0. The van der Waals surface area contributed by atoms with Crippen molar-refractivity contribution in [2.24, 2.45) is 0 Å². The van der Waals surface area contributed by atoms with Gasteiger partial charge in [-0.25, -0.2) is 0 Å². The molecule has 0 atom stereocenters. The largest absolute Gasteiger partial charge is 0.493 e. The molecule has 0 unspecified atom stereocenters. The van der Waals surface area contributed by atoms with Gasteiger partial charge in [0.25, 0.3) is 0 Å². The third-order valence-electron chi connectivity index (χ3n) is 4.47. The minimum atomic E-state index is 0.202. The van der Waals surface area contributed by atoms with Gasteiger partial charge < -0.3 is 14.2 Å². The lowest BCUT2D eigenvalue weighted by atomic mass is 9.93. The van der Waals surface area contributed by atoms with Gasteiger partial charge in [0, 0.05) is 22.0 Å². The van der Waals surface area contributed by atoms with E-state index in [2.05, 4.69) is 43.6 Å². The van der Waals surface area contributed by atoms with E-state index >= 15 is 0 Å². The minimum Gasteiger partial charge on any atom is -0.493 e. The van der Waals surface area contributed by atoms with Gasteiger partial charge in [0.1, 0.15) is 28.3 Å². The highest BCUT2D eigenvalue weighted by Gasteiger charge is 2.18. The molecule has 0 amide bonds. The zero-order valence-electron chi connectivity index (χ0n) is 17.9. The first-order valence-corrected chi connectivity index (χ1v) is 11.7. The molecule has 0 bridgehead atoms. The molecular formula is C24H29BrCl2O3. The fourth-order valence-electron chi connectivity index (χ4n) is 2.91. The van der Waals surface area contributed by atoms with Crippen molar-refractivity contribution < 1.29 is 14.2 Å². The van der Waals surface area contributed by atoms with Crippen LogP contribution < -0.4 is 14.2 Å². The number of rotatable bonds is 11. The van der Waals surface area contributed by atoms with Crippen LogP contribution in [0, 0.1) is 0 Å². The molecule has 2 aromatic carbocycles. The van der Waals surface area contributed by atoms with Gasteiger partial charge in [0.15, 0.2) is 0 Å². The van der Waals surface area contributed by atoms with Crippen LogP contribution in [0.4, 0.5) is 0 Å². The van der Waals surface area contributed by atoms with Crippen molar-refractivity contribution in [3.63, 3.8) is 0 Å². The van der Waals surface area contributed by atoms with Crippen LogP contribution >= 0.6 is 39.1 Å². The Morgan fingerprint density at radius 1 is 0.867 bits per heavy atom. The van der Waals surface area contributed by atoms with Crippen LogP contribution in [0.3, 0.4) is 0 Å². The lowest BCUT2D eigenvalue weighted by Gasteiger charge is -2.22. The second-order valence-electron chi connectivity index (χ2n) is 7.55. The van der Waals surface area contributed by atoms with Crippen LogP contribution in [-0.2, 0) is 0 Å². The second kappa shape index (κ2) is 12.5. The van der Waals surface area contributed by atoms with Crippen LogP contribution in [0.25, 0.3) is 0 Å². The summed E-state index contributed by atoms with van der Waals surface area (Å²) in [4.78, 5) is 0. The molecule has 2 rings (SSSR count). The maximum absolute atomic E-state index is 6.25. The van der Waals surface area contributed by atoms with Gasteiger partial charge >= 0.3 is 0 Å². The second-order valence-corrected chi connectivity index (χ2v) is 9.47. The van der Waals surface area contributed by atoms with E-state index < -0.39 is 0 Å². The third-order valence-corrected chi connectivity index (χ3v) is 5.31. The highest BCUT2D eigenvalue weighted by Crippen LogP contribution is 2.38. The number of hydrogen-bond acceptors (Lipinski definition) is 3.